The van der Waals surface area contributed by atoms with E-state index >= 15 is 0 Å². The Morgan fingerprint density at radius 3 is 2.35 bits per heavy atom. The lowest BCUT2D eigenvalue weighted by Crippen LogP contribution is -2.60. The molecule has 3 aromatic rings. The van der Waals surface area contributed by atoms with Crippen LogP contribution in [0.2, 0.25) is 0 Å². The highest BCUT2D eigenvalue weighted by Crippen LogP contribution is 2.60. The first-order valence-corrected chi connectivity index (χ1v) is 17.9. The molecule has 0 spiro atoms. The number of amides is 3. The van der Waals surface area contributed by atoms with Gasteiger partial charge in [-0.1, -0.05) is 48.5 Å². The number of methoxy groups -OCH3 is 1. The lowest BCUT2D eigenvalue weighted by molar-refractivity contribution is -0.159. The standard InChI is InChI=1S/C39H46N4O5/c1-48-37(47)39(21-24-8-3-2-4-9-24)22-33-31(12-7-13-43(33)36(39)46)41-34(44)32(17-28-23-40-30-11-6-5-10-29(28)30)42-35(45)38-18-25-14-26(19-38)16-27(15-25)20-38/h2-6,8-11,23,25-27,31-33,40H,7,12-22H2,1H3,(H,41,44)(H,42,45)/t25?,26?,27?,31-,32+,33+,38?,39+/m0/s1. The van der Waals surface area contributed by atoms with E-state index in [0.717, 1.165) is 41.3 Å². The molecule has 3 heterocycles. The number of hydrogen-bond acceptors (Lipinski definition) is 5. The van der Waals surface area contributed by atoms with E-state index in [4.69, 9.17) is 4.74 Å². The van der Waals surface area contributed by atoms with Crippen molar-refractivity contribution in [2.45, 2.75) is 88.8 Å². The van der Waals surface area contributed by atoms with Crippen LogP contribution in [0.25, 0.3) is 10.9 Å². The van der Waals surface area contributed by atoms with Crippen molar-refractivity contribution in [3.8, 4) is 0 Å². The molecular formula is C39H46N4O5. The first-order valence-electron chi connectivity index (χ1n) is 17.9. The summed E-state index contributed by atoms with van der Waals surface area (Å²) in [5.74, 6) is 0.862. The largest absolute Gasteiger partial charge is 0.468 e. The smallest absolute Gasteiger partial charge is 0.321 e. The molecule has 9 rings (SSSR count). The van der Waals surface area contributed by atoms with E-state index in [1.807, 2.05) is 60.8 Å². The predicted octanol–water partition coefficient (Wildman–Crippen LogP) is 4.69. The summed E-state index contributed by atoms with van der Waals surface area (Å²) in [4.78, 5) is 61.3. The number of esters is 1. The Labute approximate surface area is 281 Å². The summed E-state index contributed by atoms with van der Waals surface area (Å²) in [7, 11) is 1.33. The number of H-pyrrole nitrogens is 1. The number of aromatic nitrogens is 1. The minimum Gasteiger partial charge on any atom is -0.468 e. The number of nitrogens with one attached hydrogen (secondary N) is 3. The SMILES string of the molecule is COC(=O)[C@]1(Cc2ccccc2)C[C@@H]2[C@@H](NC(=O)[C@@H](Cc3c[nH]c4ccccc34)NC(=O)C34CC5CC(CC(C5)C3)C4)CCCN2C1=O. The van der Waals surface area contributed by atoms with Crippen LogP contribution in [0.4, 0.5) is 0 Å². The number of carbonyl (C=O) groups is 4. The van der Waals surface area contributed by atoms with Gasteiger partial charge in [0.2, 0.25) is 17.7 Å². The van der Waals surface area contributed by atoms with Crippen LogP contribution in [0.15, 0.2) is 60.8 Å². The number of fused-ring (bicyclic) bond motifs is 2. The van der Waals surface area contributed by atoms with Gasteiger partial charge < -0.3 is 25.3 Å². The van der Waals surface area contributed by atoms with Crippen LogP contribution < -0.4 is 10.6 Å². The number of piperidine rings is 1. The van der Waals surface area contributed by atoms with Crippen LogP contribution in [0.1, 0.15) is 68.9 Å². The molecule has 48 heavy (non-hydrogen) atoms. The Balaban J connectivity index is 1.06. The summed E-state index contributed by atoms with van der Waals surface area (Å²) < 4.78 is 5.25. The van der Waals surface area contributed by atoms with Gasteiger partial charge in [0.25, 0.3) is 0 Å². The third-order valence-electron chi connectivity index (χ3n) is 12.5. The van der Waals surface area contributed by atoms with Gasteiger partial charge in [-0.3, -0.25) is 19.2 Å². The molecule has 4 bridgehead atoms. The molecule has 9 heteroatoms. The second-order valence-corrected chi connectivity index (χ2v) is 15.6. The molecule has 252 valence electrons. The Morgan fingerprint density at radius 2 is 1.65 bits per heavy atom. The molecule has 6 aliphatic rings. The van der Waals surface area contributed by atoms with E-state index in [-0.39, 0.29) is 48.1 Å². The number of aromatic amines is 1. The average Bonchev–Trinajstić information content (AvgIpc) is 3.62. The van der Waals surface area contributed by atoms with Gasteiger partial charge in [-0.15, -0.1) is 0 Å². The van der Waals surface area contributed by atoms with Crippen molar-refractivity contribution in [1.29, 1.82) is 0 Å². The van der Waals surface area contributed by atoms with E-state index in [0.29, 0.717) is 43.6 Å². The number of rotatable bonds is 9. The van der Waals surface area contributed by atoms with E-state index in [9.17, 15) is 19.2 Å². The Morgan fingerprint density at radius 1 is 0.958 bits per heavy atom. The minimum atomic E-state index is -1.34. The normalized spacial score (nSPS) is 32.6. The zero-order valence-electron chi connectivity index (χ0n) is 27.7. The summed E-state index contributed by atoms with van der Waals surface area (Å²) in [5.41, 5.74) is 1.13. The number of para-hydroxylation sites is 1. The van der Waals surface area contributed by atoms with Crippen molar-refractivity contribution in [3.05, 3.63) is 71.9 Å². The lowest BCUT2D eigenvalue weighted by atomic mass is 9.49. The molecular weight excluding hydrogens is 604 g/mol. The van der Waals surface area contributed by atoms with E-state index in [1.54, 1.807) is 4.90 Å². The van der Waals surface area contributed by atoms with Crippen molar-refractivity contribution in [3.63, 3.8) is 0 Å². The van der Waals surface area contributed by atoms with E-state index in [2.05, 4.69) is 15.6 Å². The van der Waals surface area contributed by atoms with Gasteiger partial charge in [0.15, 0.2) is 5.41 Å². The molecule has 6 fully saturated rings. The molecule has 3 N–H and O–H groups in total. The number of carbonyl (C=O) groups excluding carboxylic acids is 4. The van der Waals surface area contributed by atoms with E-state index in [1.165, 1.54) is 26.4 Å². The zero-order valence-corrected chi connectivity index (χ0v) is 27.7. The fourth-order valence-electron chi connectivity index (χ4n) is 10.7. The first kappa shape index (κ1) is 31.1. The highest BCUT2D eigenvalue weighted by Gasteiger charge is 2.60. The topological polar surface area (TPSA) is 121 Å². The molecule has 2 aromatic carbocycles. The van der Waals surface area contributed by atoms with Gasteiger partial charge in [-0.2, -0.15) is 0 Å². The van der Waals surface area contributed by atoms with Crippen LogP contribution in [0, 0.1) is 28.6 Å². The molecule has 0 radical (unpaired) electrons. The van der Waals surface area contributed by atoms with Gasteiger partial charge >= 0.3 is 5.97 Å². The fraction of sp³-hybridized carbons (Fsp3) is 0.538. The zero-order chi connectivity index (χ0) is 33.0. The van der Waals surface area contributed by atoms with Crippen LogP contribution in [-0.2, 0) is 36.8 Å². The van der Waals surface area contributed by atoms with Gasteiger partial charge in [0.05, 0.1) is 13.2 Å². The van der Waals surface area contributed by atoms with Crippen molar-refractivity contribution < 1.29 is 23.9 Å². The van der Waals surface area contributed by atoms with Crippen LogP contribution in [-0.4, -0.2) is 65.4 Å². The maximum absolute atomic E-state index is 14.4. The number of hydrogen-bond donors (Lipinski definition) is 3. The third-order valence-corrected chi connectivity index (χ3v) is 12.5. The summed E-state index contributed by atoms with van der Waals surface area (Å²) >= 11 is 0. The molecule has 3 amide bonds. The Kier molecular flexibility index (Phi) is 7.84. The highest BCUT2D eigenvalue weighted by atomic mass is 16.5. The lowest BCUT2D eigenvalue weighted by Gasteiger charge is -2.55. The first-order chi connectivity index (χ1) is 23.3. The van der Waals surface area contributed by atoms with Gasteiger partial charge in [-0.25, -0.2) is 0 Å². The maximum atomic E-state index is 14.4. The van der Waals surface area contributed by atoms with Gasteiger partial charge in [-0.05, 0) is 99.2 Å². The van der Waals surface area contributed by atoms with Gasteiger partial charge in [0, 0.05) is 41.5 Å². The molecule has 4 atom stereocenters. The minimum absolute atomic E-state index is 0.0236. The molecule has 2 aliphatic heterocycles. The van der Waals surface area contributed by atoms with Crippen LogP contribution in [0.5, 0.6) is 0 Å². The molecule has 2 saturated heterocycles. The van der Waals surface area contributed by atoms with Crippen molar-refractivity contribution >= 4 is 34.6 Å². The van der Waals surface area contributed by atoms with Gasteiger partial charge in [0.1, 0.15) is 6.04 Å². The highest BCUT2D eigenvalue weighted by molar-refractivity contribution is 6.05. The molecule has 4 saturated carbocycles. The molecule has 9 nitrogen and oxygen atoms in total. The quantitative estimate of drug-likeness (QED) is 0.229. The Hall–Kier alpha value is -4.14. The average molecular weight is 651 g/mol. The number of ether oxygens (including phenoxy) is 1. The monoisotopic (exact) mass is 650 g/mol. The summed E-state index contributed by atoms with van der Waals surface area (Å²) in [5, 5.41) is 7.63. The molecule has 4 aliphatic carbocycles. The van der Waals surface area contributed by atoms with E-state index < -0.39 is 17.4 Å². The molecule has 0 unspecified atom stereocenters. The third kappa shape index (κ3) is 5.30. The van der Waals surface area contributed by atoms with Crippen LogP contribution >= 0.6 is 0 Å². The van der Waals surface area contributed by atoms with Crippen molar-refractivity contribution in [2.75, 3.05) is 13.7 Å². The fourth-order valence-corrected chi connectivity index (χ4v) is 10.7. The number of benzene rings is 2. The Bertz CT molecular complexity index is 1700. The molecule has 1 aromatic heterocycles. The predicted molar refractivity (Wildman–Crippen MR) is 180 cm³/mol. The second kappa shape index (κ2) is 12.1. The second-order valence-electron chi connectivity index (χ2n) is 15.6. The van der Waals surface area contributed by atoms with Crippen molar-refractivity contribution in [1.82, 2.24) is 20.5 Å². The maximum Gasteiger partial charge on any atom is 0.321 e. The summed E-state index contributed by atoms with van der Waals surface area (Å²) in [6, 6.07) is 16.1. The number of nitrogens with zero attached hydrogens (tertiary/aromatic N) is 1. The summed E-state index contributed by atoms with van der Waals surface area (Å²) in [6.45, 7) is 0.533. The van der Waals surface area contributed by atoms with Crippen molar-refractivity contribution in [2.24, 2.45) is 28.6 Å². The van der Waals surface area contributed by atoms with Crippen LogP contribution in [0.3, 0.4) is 0 Å². The summed E-state index contributed by atoms with van der Waals surface area (Å²) in [6.07, 6.45) is 10.7.